The van der Waals surface area contributed by atoms with Gasteiger partial charge >= 0.3 is 0 Å². The van der Waals surface area contributed by atoms with Gasteiger partial charge in [0.25, 0.3) is 0 Å². The standard InChI is InChI=1S/C14H25NO/c1-2-3-4-5-9-12-15-14(16)13-10-7-6-8-11-13/h9,12-13H,2-8,10-11H2,1H3,(H,15,16)/b12-9-. The zero-order valence-corrected chi connectivity index (χ0v) is 10.5. The molecule has 0 saturated heterocycles. The Balaban J connectivity index is 2.08. The maximum atomic E-state index is 11.7. The Kier molecular flexibility index (Phi) is 6.95. The Morgan fingerprint density at radius 3 is 2.69 bits per heavy atom. The smallest absolute Gasteiger partial charge is 0.227 e. The topological polar surface area (TPSA) is 29.1 Å². The van der Waals surface area contributed by atoms with E-state index in [9.17, 15) is 4.79 Å². The number of carbonyl (C=O) groups excluding carboxylic acids is 1. The number of rotatable bonds is 6. The highest BCUT2D eigenvalue weighted by Crippen LogP contribution is 2.23. The molecule has 0 atom stereocenters. The summed E-state index contributed by atoms with van der Waals surface area (Å²) in [7, 11) is 0. The first-order valence-electron chi connectivity index (χ1n) is 6.80. The summed E-state index contributed by atoms with van der Waals surface area (Å²) in [5, 5.41) is 2.91. The first kappa shape index (κ1) is 13.3. The van der Waals surface area contributed by atoms with E-state index in [4.69, 9.17) is 0 Å². The van der Waals surface area contributed by atoms with Gasteiger partial charge in [-0.2, -0.15) is 0 Å². The third-order valence-corrected chi connectivity index (χ3v) is 3.29. The Bertz CT molecular complexity index is 217. The van der Waals surface area contributed by atoms with Crippen LogP contribution in [-0.4, -0.2) is 5.91 Å². The fourth-order valence-corrected chi connectivity index (χ4v) is 2.22. The van der Waals surface area contributed by atoms with Crippen LogP contribution in [0.25, 0.3) is 0 Å². The van der Waals surface area contributed by atoms with Crippen LogP contribution in [0, 0.1) is 5.92 Å². The second kappa shape index (κ2) is 8.37. The maximum absolute atomic E-state index is 11.7. The maximum Gasteiger partial charge on any atom is 0.227 e. The van der Waals surface area contributed by atoms with E-state index in [0.717, 1.165) is 19.3 Å². The minimum absolute atomic E-state index is 0.228. The molecule has 0 aromatic rings. The third kappa shape index (κ3) is 5.34. The van der Waals surface area contributed by atoms with Crippen molar-refractivity contribution in [2.45, 2.75) is 64.7 Å². The summed E-state index contributed by atoms with van der Waals surface area (Å²) in [6.45, 7) is 2.20. The lowest BCUT2D eigenvalue weighted by Gasteiger charge is -2.19. The molecule has 1 fully saturated rings. The molecule has 2 nitrogen and oxygen atoms in total. The number of hydrogen-bond donors (Lipinski definition) is 1. The average molecular weight is 223 g/mol. The van der Waals surface area contributed by atoms with Crippen molar-refractivity contribution >= 4 is 5.91 Å². The molecule has 0 aliphatic heterocycles. The zero-order valence-electron chi connectivity index (χ0n) is 10.5. The normalized spacial score (nSPS) is 17.8. The van der Waals surface area contributed by atoms with Gasteiger partial charge in [0.1, 0.15) is 0 Å². The van der Waals surface area contributed by atoms with Gasteiger partial charge in [0, 0.05) is 5.92 Å². The van der Waals surface area contributed by atoms with Gasteiger partial charge in [0.15, 0.2) is 0 Å². The number of amides is 1. The summed E-state index contributed by atoms with van der Waals surface area (Å²) < 4.78 is 0. The van der Waals surface area contributed by atoms with Crippen molar-refractivity contribution in [3.63, 3.8) is 0 Å². The molecule has 1 amide bonds. The fraction of sp³-hybridized carbons (Fsp3) is 0.786. The van der Waals surface area contributed by atoms with E-state index in [1.807, 2.05) is 6.20 Å². The van der Waals surface area contributed by atoms with Crippen LogP contribution in [-0.2, 0) is 4.79 Å². The molecule has 0 unspecified atom stereocenters. The molecule has 0 spiro atoms. The van der Waals surface area contributed by atoms with Crippen LogP contribution in [0.3, 0.4) is 0 Å². The lowest BCUT2D eigenvalue weighted by atomic mass is 9.89. The van der Waals surface area contributed by atoms with Crippen LogP contribution >= 0.6 is 0 Å². The van der Waals surface area contributed by atoms with E-state index in [2.05, 4.69) is 18.3 Å². The van der Waals surface area contributed by atoms with E-state index in [-0.39, 0.29) is 11.8 Å². The molecule has 2 heteroatoms. The van der Waals surface area contributed by atoms with Gasteiger partial charge in [-0.3, -0.25) is 4.79 Å². The van der Waals surface area contributed by atoms with Crippen molar-refractivity contribution in [2.24, 2.45) is 5.92 Å². The van der Waals surface area contributed by atoms with Crippen molar-refractivity contribution < 1.29 is 4.79 Å². The monoisotopic (exact) mass is 223 g/mol. The summed E-state index contributed by atoms with van der Waals surface area (Å²) in [5.41, 5.74) is 0. The molecule has 1 N–H and O–H groups in total. The van der Waals surface area contributed by atoms with Crippen LogP contribution in [0.5, 0.6) is 0 Å². The molecule has 16 heavy (non-hydrogen) atoms. The molecule has 0 aromatic carbocycles. The average Bonchev–Trinajstić information content (AvgIpc) is 2.34. The van der Waals surface area contributed by atoms with Crippen molar-refractivity contribution in [2.75, 3.05) is 0 Å². The molecule has 1 rings (SSSR count). The van der Waals surface area contributed by atoms with Crippen molar-refractivity contribution in [3.8, 4) is 0 Å². The van der Waals surface area contributed by atoms with Crippen LogP contribution in [0.1, 0.15) is 64.7 Å². The van der Waals surface area contributed by atoms with Crippen LogP contribution in [0.4, 0.5) is 0 Å². The summed E-state index contributed by atoms with van der Waals surface area (Å²) in [4.78, 5) is 11.7. The van der Waals surface area contributed by atoms with Crippen molar-refractivity contribution in [1.29, 1.82) is 0 Å². The molecule has 1 aliphatic carbocycles. The highest BCUT2D eigenvalue weighted by atomic mass is 16.1. The molecule has 92 valence electrons. The summed E-state index contributed by atoms with van der Waals surface area (Å²) in [6, 6.07) is 0. The van der Waals surface area contributed by atoms with Gasteiger partial charge < -0.3 is 5.32 Å². The molecule has 0 heterocycles. The predicted molar refractivity (Wildman–Crippen MR) is 68.0 cm³/mol. The van der Waals surface area contributed by atoms with E-state index in [0.29, 0.717) is 0 Å². The number of unbranched alkanes of at least 4 members (excludes halogenated alkanes) is 3. The van der Waals surface area contributed by atoms with E-state index < -0.39 is 0 Å². The third-order valence-electron chi connectivity index (χ3n) is 3.29. The van der Waals surface area contributed by atoms with E-state index >= 15 is 0 Å². The summed E-state index contributed by atoms with van der Waals surface area (Å²) >= 11 is 0. The summed E-state index contributed by atoms with van der Waals surface area (Å²) in [5.74, 6) is 0.500. The summed E-state index contributed by atoms with van der Waals surface area (Å²) in [6.07, 6.45) is 14.7. The Morgan fingerprint density at radius 2 is 2.00 bits per heavy atom. The van der Waals surface area contributed by atoms with Crippen LogP contribution in [0.15, 0.2) is 12.3 Å². The second-order valence-electron chi connectivity index (χ2n) is 4.74. The van der Waals surface area contributed by atoms with Gasteiger partial charge in [-0.1, -0.05) is 45.1 Å². The lowest BCUT2D eigenvalue weighted by Crippen LogP contribution is -2.28. The highest BCUT2D eigenvalue weighted by Gasteiger charge is 2.19. The molecule has 0 bridgehead atoms. The van der Waals surface area contributed by atoms with Gasteiger partial charge in [-0.25, -0.2) is 0 Å². The Hall–Kier alpha value is -0.790. The zero-order chi connectivity index (χ0) is 11.6. The minimum atomic E-state index is 0.228. The lowest BCUT2D eigenvalue weighted by molar-refractivity contribution is -0.124. The number of allylic oxidation sites excluding steroid dienone is 1. The molecule has 0 aromatic heterocycles. The van der Waals surface area contributed by atoms with E-state index in [1.165, 1.54) is 38.5 Å². The molecular weight excluding hydrogens is 198 g/mol. The largest absolute Gasteiger partial charge is 0.333 e. The Labute approximate surface area is 99.5 Å². The SMILES string of the molecule is CCCCC/C=C\NC(=O)C1CCCCC1. The first-order valence-corrected chi connectivity index (χ1v) is 6.80. The Morgan fingerprint density at radius 1 is 1.25 bits per heavy atom. The molecular formula is C14H25NO. The minimum Gasteiger partial charge on any atom is -0.333 e. The van der Waals surface area contributed by atoms with Crippen LogP contribution < -0.4 is 5.32 Å². The molecule has 1 aliphatic rings. The van der Waals surface area contributed by atoms with Crippen LogP contribution in [0.2, 0.25) is 0 Å². The fourth-order valence-electron chi connectivity index (χ4n) is 2.22. The number of carbonyl (C=O) groups is 1. The highest BCUT2D eigenvalue weighted by molar-refractivity contribution is 5.79. The van der Waals surface area contributed by atoms with Crippen molar-refractivity contribution in [3.05, 3.63) is 12.3 Å². The quantitative estimate of drug-likeness (QED) is 0.682. The number of nitrogens with one attached hydrogen (secondary N) is 1. The van der Waals surface area contributed by atoms with E-state index in [1.54, 1.807) is 0 Å². The van der Waals surface area contributed by atoms with Gasteiger partial charge in [0.2, 0.25) is 5.91 Å². The van der Waals surface area contributed by atoms with Gasteiger partial charge in [0.05, 0.1) is 0 Å². The molecule has 1 saturated carbocycles. The number of hydrogen-bond acceptors (Lipinski definition) is 1. The van der Waals surface area contributed by atoms with Gasteiger partial charge in [-0.15, -0.1) is 0 Å². The second-order valence-corrected chi connectivity index (χ2v) is 4.74. The van der Waals surface area contributed by atoms with Gasteiger partial charge in [-0.05, 0) is 31.9 Å². The molecule has 0 radical (unpaired) electrons. The van der Waals surface area contributed by atoms with Crippen molar-refractivity contribution in [1.82, 2.24) is 5.32 Å². The predicted octanol–water partition coefficient (Wildman–Crippen LogP) is 3.78. The first-order chi connectivity index (χ1) is 7.84.